The number of thiazole rings is 1. The molecule has 0 unspecified atom stereocenters. The maximum Gasteiger partial charge on any atom is 0.362 e. The van der Waals surface area contributed by atoms with Crippen LogP contribution >= 0.6 is 11.3 Å². The lowest BCUT2D eigenvalue weighted by molar-refractivity contribution is -0.135. The number of oxime groups is 1. The van der Waals surface area contributed by atoms with Gasteiger partial charge in [-0.15, -0.1) is 11.3 Å². The van der Waals surface area contributed by atoms with Crippen LogP contribution in [0, 0.1) is 0 Å². The molecule has 0 aliphatic heterocycles. The first-order chi connectivity index (χ1) is 12.1. The van der Waals surface area contributed by atoms with Crippen LogP contribution in [0.4, 0.5) is 5.13 Å². The zero-order valence-electron chi connectivity index (χ0n) is 13.5. The third-order valence-corrected chi connectivity index (χ3v) is 3.48. The van der Waals surface area contributed by atoms with Crippen molar-refractivity contribution in [1.82, 2.24) is 4.98 Å². The highest BCUT2D eigenvalue weighted by molar-refractivity contribution is 7.13. The summed E-state index contributed by atoms with van der Waals surface area (Å²) < 4.78 is 9.95. The van der Waals surface area contributed by atoms with Gasteiger partial charge in [0.2, 0.25) is 5.71 Å². The predicted molar refractivity (Wildman–Crippen MR) is 92.4 cm³/mol. The van der Waals surface area contributed by atoms with Gasteiger partial charge in [0.1, 0.15) is 12.3 Å². The zero-order valence-corrected chi connectivity index (χ0v) is 14.3. The van der Waals surface area contributed by atoms with Gasteiger partial charge in [-0.25, -0.2) is 14.6 Å². The van der Waals surface area contributed by atoms with E-state index in [-0.39, 0.29) is 31.2 Å². The van der Waals surface area contributed by atoms with Gasteiger partial charge in [0.25, 0.3) is 0 Å². The largest absolute Gasteiger partial charge is 0.461 e. The SMILES string of the molecule is CCOC(=O)C(=NOCCOC(=O)c1ccccc1)c1csc(N)n1. The summed E-state index contributed by atoms with van der Waals surface area (Å²) in [7, 11) is 0. The van der Waals surface area contributed by atoms with E-state index in [1.54, 1.807) is 42.6 Å². The van der Waals surface area contributed by atoms with Crippen LogP contribution in [0.15, 0.2) is 40.9 Å². The number of benzene rings is 1. The molecule has 25 heavy (non-hydrogen) atoms. The van der Waals surface area contributed by atoms with E-state index >= 15 is 0 Å². The van der Waals surface area contributed by atoms with E-state index < -0.39 is 11.9 Å². The monoisotopic (exact) mass is 363 g/mol. The second kappa shape index (κ2) is 9.38. The zero-order chi connectivity index (χ0) is 18.1. The number of ether oxygens (including phenoxy) is 2. The topological polar surface area (TPSA) is 113 Å². The van der Waals surface area contributed by atoms with Gasteiger partial charge in [-0.2, -0.15) is 0 Å². The van der Waals surface area contributed by atoms with Gasteiger partial charge in [0.05, 0.1) is 12.2 Å². The Morgan fingerprint density at radius 2 is 1.96 bits per heavy atom. The molecule has 0 fully saturated rings. The summed E-state index contributed by atoms with van der Waals surface area (Å²) in [5.41, 5.74) is 6.17. The number of nitrogens with zero attached hydrogens (tertiary/aromatic N) is 2. The molecule has 1 aromatic carbocycles. The first kappa shape index (κ1) is 18.4. The van der Waals surface area contributed by atoms with Crippen LogP contribution in [0.5, 0.6) is 0 Å². The van der Waals surface area contributed by atoms with Crippen molar-refractivity contribution in [2.75, 3.05) is 25.6 Å². The number of esters is 2. The van der Waals surface area contributed by atoms with Crippen LogP contribution < -0.4 is 5.73 Å². The van der Waals surface area contributed by atoms with Crippen LogP contribution in [0.2, 0.25) is 0 Å². The Balaban J connectivity index is 1.88. The highest BCUT2D eigenvalue weighted by atomic mass is 32.1. The summed E-state index contributed by atoms with van der Waals surface area (Å²) >= 11 is 1.17. The maximum absolute atomic E-state index is 11.9. The van der Waals surface area contributed by atoms with E-state index in [1.165, 1.54) is 11.3 Å². The molecule has 2 N–H and O–H groups in total. The molecule has 0 atom stereocenters. The third-order valence-electron chi connectivity index (χ3n) is 2.81. The molecule has 0 aliphatic rings. The van der Waals surface area contributed by atoms with Crippen molar-refractivity contribution < 1.29 is 23.9 Å². The third kappa shape index (κ3) is 5.57. The van der Waals surface area contributed by atoms with Gasteiger partial charge in [-0.1, -0.05) is 23.4 Å². The van der Waals surface area contributed by atoms with E-state index in [0.717, 1.165) is 0 Å². The Morgan fingerprint density at radius 1 is 1.20 bits per heavy atom. The van der Waals surface area contributed by atoms with E-state index in [0.29, 0.717) is 10.7 Å². The molecule has 0 spiro atoms. The minimum atomic E-state index is -0.672. The van der Waals surface area contributed by atoms with Crippen LogP contribution in [0.25, 0.3) is 0 Å². The highest BCUT2D eigenvalue weighted by Crippen LogP contribution is 2.13. The average molecular weight is 363 g/mol. The number of nitrogens with two attached hydrogens (primary N) is 1. The molecule has 2 rings (SSSR count). The van der Waals surface area contributed by atoms with Crippen molar-refractivity contribution in [1.29, 1.82) is 0 Å². The van der Waals surface area contributed by atoms with E-state index in [2.05, 4.69) is 10.1 Å². The molecule has 0 aliphatic carbocycles. The van der Waals surface area contributed by atoms with Crippen molar-refractivity contribution in [3.8, 4) is 0 Å². The summed E-state index contributed by atoms with van der Waals surface area (Å²) in [6.07, 6.45) is 0. The number of anilines is 1. The fourth-order valence-electron chi connectivity index (χ4n) is 1.72. The lowest BCUT2D eigenvalue weighted by atomic mass is 10.2. The number of carbonyl (C=O) groups is 2. The molecule has 0 bridgehead atoms. The average Bonchev–Trinajstić information content (AvgIpc) is 3.04. The van der Waals surface area contributed by atoms with Gasteiger partial charge in [-0.05, 0) is 19.1 Å². The molecule has 8 nitrogen and oxygen atoms in total. The van der Waals surface area contributed by atoms with Crippen molar-refractivity contribution in [3.63, 3.8) is 0 Å². The molecule has 1 aromatic heterocycles. The van der Waals surface area contributed by atoms with E-state index in [1.807, 2.05) is 0 Å². The molecule has 0 saturated heterocycles. The highest BCUT2D eigenvalue weighted by Gasteiger charge is 2.19. The summed E-state index contributed by atoms with van der Waals surface area (Å²) in [6, 6.07) is 8.57. The van der Waals surface area contributed by atoms with Crippen LogP contribution in [0.3, 0.4) is 0 Å². The smallest absolute Gasteiger partial charge is 0.362 e. The molecule has 0 amide bonds. The Bertz CT molecular complexity index is 745. The molecule has 0 saturated carbocycles. The Hall–Kier alpha value is -2.94. The quantitative estimate of drug-likeness (QED) is 0.330. The molecule has 1 heterocycles. The Labute approximate surface area is 148 Å². The number of hydrogen-bond donors (Lipinski definition) is 1. The van der Waals surface area contributed by atoms with Gasteiger partial charge < -0.3 is 20.0 Å². The second-order valence-corrected chi connectivity index (χ2v) is 5.46. The summed E-state index contributed by atoms with van der Waals surface area (Å²) in [4.78, 5) is 32.7. The fraction of sp³-hybridized carbons (Fsp3) is 0.250. The first-order valence-electron chi connectivity index (χ1n) is 7.42. The minimum absolute atomic E-state index is 0.0213. The predicted octanol–water partition coefficient (Wildman–Crippen LogP) is 1.87. The van der Waals surface area contributed by atoms with Crippen LogP contribution in [-0.4, -0.2) is 42.5 Å². The number of aromatic nitrogens is 1. The number of rotatable bonds is 8. The summed E-state index contributed by atoms with van der Waals surface area (Å²) in [5, 5.41) is 5.60. The van der Waals surface area contributed by atoms with Crippen LogP contribution in [-0.2, 0) is 19.1 Å². The maximum atomic E-state index is 11.9. The Kier molecular flexibility index (Phi) is 6.90. The van der Waals surface area contributed by atoms with Gasteiger partial charge in [0.15, 0.2) is 11.7 Å². The summed E-state index contributed by atoms with van der Waals surface area (Å²) in [6.45, 7) is 1.81. The van der Waals surface area contributed by atoms with Gasteiger partial charge >= 0.3 is 11.9 Å². The Morgan fingerprint density at radius 3 is 2.60 bits per heavy atom. The first-order valence-corrected chi connectivity index (χ1v) is 8.30. The van der Waals surface area contributed by atoms with Crippen LogP contribution in [0.1, 0.15) is 23.0 Å². The standard InChI is InChI=1S/C16H17N3O5S/c1-2-22-15(21)13(12-10-25-16(17)18-12)19-24-9-8-23-14(20)11-6-4-3-5-7-11/h3-7,10H,2,8-9H2,1H3,(H2,17,18). The molecule has 2 aromatic rings. The number of carbonyl (C=O) groups excluding carboxylic acids is 2. The minimum Gasteiger partial charge on any atom is -0.461 e. The van der Waals surface area contributed by atoms with E-state index in [9.17, 15) is 9.59 Å². The van der Waals surface area contributed by atoms with Crippen molar-refractivity contribution >= 4 is 34.1 Å². The van der Waals surface area contributed by atoms with Crippen molar-refractivity contribution in [2.45, 2.75) is 6.92 Å². The molecule has 0 radical (unpaired) electrons. The lowest BCUT2D eigenvalue weighted by Gasteiger charge is -2.05. The van der Waals surface area contributed by atoms with E-state index in [4.69, 9.17) is 20.0 Å². The van der Waals surface area contributed by atoms with Gasteiger partial charge in [-0.3, -0.25) is 0 Å². The normalized spacial score (nSPS) is 11.0. The molecule has 9 heteroatoms. The summed E-state index contributed by atoms with van der Waals surface area (Å²) in [5.74, 6) is -1.14. The lowest BCUT2D eigenvalue weighted by Crippen LogP contribution is -2.20. The fourth-order valence-corrected chi connectivity index (χ4v) is 2.27. The molecular formula is C16H17N3O5S. The molecular weight excluding hydrogens is 346 g/mol. The van der Waals surface area contributed by atoms with Crippen molar-refractivity contribution in [2.24, 2.45) is 5.16 Å². The number of hydrogen-bond acceptors (Lipinski definition) is 9. The second-order valence-electron chi connectivity index (χ2n) is 4.57. The molecule has 132 valence electrons. The van der Waals surface area contributed by atoms with Gasteiger partial charge in [0, 0.05) is 5.38 Å². The number of nitrogen functional groups attached to an aromatic ring is 1. The van der Waals surface area contributed by atoms with Crippen molar-refractivity contribution in [3.05, 3.63) is 47.0 Å².